The Labute approximate surface area is 89.7 Å². The van der Waals surface area contributed by atoms with E-state index in [2.05, 4.69) is 24.1 Å². The maximum absolute atomic E-state index is 6.32. The summed E-state index contributed by atoms with van der Waals surface area (Å²) in [6.07, 6.45) is 4.11. The van der Waals surface area contributed by atoms with Crippen LogP contribution in [-0.2, 0) is 6.42 Å². The van der Waals surface area contributed by atoms with Crippen LogP contribution in [-0.4, -0.2) is 11.5 Å². The summed E-state index contributed by atoms with van der Waals surface area (Å²) in [4.78, 5) is 4.45. The van der Waals surface area contributed by atoms with Gasteiger partial charge in [0.05, 0.1) is 16.4 Å². The Balaban J connectivity index is 2.49. The Morgan fingerprint density at radius 2 is 2.29 bits per heavy atom. The number of pyridine rings is 1. The maximum Gasteiger partial charge on any atom is 0.0751 e. The molecule has 0 radical (unpaired) electrons. The number of nitrogens with zero attached hydrogens (tertiary/aromatic N) is 1. The normalized spacial score (nSPS) is 15.1. The van der Waals surface area contributed by atoms with E-state index in [1.807, 2.05) is 6.20 Å². The zero-order valence-electron chi connectivity index (χ0n) is 8.60. The van der Waals surface area contributed by atoms with Gasteiger partial charge in [0.25, 0.3) is 0 Å². The van der Waals surface area contributed by atoms with Crippen LogP contribution in [0.3, 0.4) is 0 Å². The van der Waals surface area contributed by atoms with Crippen molar-refractivity contribution in [3.05, 3.63) is 22.5 Å². The molecule has 2 heterocycles. The number of rotatable bonds is 1. The Morgan fingerprint density at radius 3 is 3.00 bits per heavy atom. The van der Waals surface area contributed by atoms with Crippen molar-refractivity contribution in [3.63, 3.8) is 0 Å². The van der Waals surface area contributed by atoms with Crippen molar-refractivity contribution in [1.29, 1.82) is 0 Å². The van der Waals surface area contributed by atoms with Crippen LogP contribution in [0, 0.1) is 0 Å². The molecule has 0 amide bonds. The minimum Gasteiger partial charge on any atom is -0.382 e. The fourth-order valence-electron chi connectivity index (χ4n) is 1.78. The maximum atomic E-state index is 6.32. The average Bonchev–Trinajstić information content (AvgIpc) is 2.18. The van der Waals surface area contributed by atoms with Crippen molar-refractivity contribution < 1.29 is 0 Å². The highest BCUT2D eigenvalue weighted by Gasteiger charge is 2.17. The van der Waals surface area contributed by atoms with E-state index in [1.54, 1.807) is 0 Å². The van der Waals surface area contributed by atoms with Gasteiger partial charge in [0.15, 0.2) is 0 Å². The van der Waals surface area contributed by atoms with Crippen LogP contribution in [0.1, 0.15) is 37.4 Å². The minimum absolute atomic E-state index is 0.434. The van der Waals surface area contributed by atoms with Gasteiger partial charge in [-0.2, -0.15) is 0 Å². The van der Waals surface area contributed by atoms with E-state index >= 15 is 0 Å². The minimum atomic E-state index is 0.434. The van der Waals surface area contributed by atoms with E-state index in [-0.39, 0.29) is 0 Å². The highest BCUT2D eigenvalue weighted by molar-refractivity contribution is 6.34. The number of aryl methyl sites for hydroxylation is 1. The van der Waals surface area contributed by atoms with Gasteiger partial charge in [-0.1, -0.05) is 25.4 Å². The molecular formula is C11H15ClN2. The van der Waals surface area contributed by atoms with Gasteiger partial charge in [-0.25, -0.2) is 0 Å². The van der Waals surface area contributed by atoms with E-state index in [9.17, 15) is 0 Å². The zero-order valence-corrected chi connectivity index (χ0v) is 9.36. The Hall–Kier alpha value is -0.760. The number of fused-ring (bicyclic) bond motifs is 1. The summed E-state index contributed by atoms with van der Waals surface area (Å²) in [5, 5.41) is 4.20. The van der Waals surface area contributed by atoms with Gasteiger partial charge in [0, 0.05) is 12.7 Å². The van der Waals surface area contributed by atoms with Crippen molar-refractivity contribution in [2.75, 3.05) is 11.9 Å². The number of nitrogens with one attached hydrogen (secondary N) is 1. The van der Waals surface area contributed by atoms with Crippen molar-refractivity contribution in [2.24, 2.45) is 0 Å². The first-order chi connectivity index (χ1) is 6.70. The molecule has 1 aromatic rings. The van der Waals surface area contributed by atoms with Gasteiger partial charge in [0.2, 0.25) is 0 Å². The first-order valence-corrected chi connectivity index (χ1v) is 5.49. The molecule has 1 aliphatic rings. The van der Waals surface area contributed by atoms with Crippen LogP contribution in [0.15, 0.2) is 6.20 Å². The predicted molar refractivity (Wildman–Crippen MR) is 60.1 cm³/mol. The molecule has 0 saturated carbocycles. The van der Waals surface area contributed by atoms with Gasteiger partial charge in [-0.05, 0) is 24.3 Å². The number of halogens is 1. The molecule has 76 valence electrons. The molecule has 1 N–H and O–H groups in total. The second kappa shape index (κ2) is 3.77. The quantitative estimate of drug-likeness (QED) is 0.770. The summed E-state index contributed by atoms with van der Waals surface area (Å²) in [7, 11) is 0. The molecule has 0 bridgehead atoms. The van der Waals surface area contributed by atoms with Crippen molar-refractivity contribution >= 4 is 17.3 Å². The fourth-order valence-corrected chi connectivity index (χ4v) is 2.22. The van der Waals surface area contributed by atoms with E-state index in [0.717, 1.165) is 41.4 Å². The number of anilines is 1. The van der Waals surface area contributed by atoms with E-state index < -0.39 is 0 Å². The van der Waals surface area contributed by atoms with Gasteiger partial charge in [0.1, 0.15) is 0 Å². The Kier molecular flexibility index (Phi) is 2.64. The second-order valence-electron chi connectivity index (χ2n) is 4.03. The summed E-state index contributed by atoms with van der Waals surface area (Å²) in [5.74, 6) is 0.434. The molecule has 14 heavy (non-hydrogen) atoms. The largest absolute Gasteiger partial charge is 0.382 e. The molecule has 2 nitrogen and oxygen atoms in total. The van der Waals surface area contributed by atoms with E-state index in [4.69, 9.17) is 11.6 Å². The standard InChI is InChI=1S/C11H15ClN2/c1-7(2)8-6-14-9-4-3-5-13-11(9)10(8)12/h6-7,13H,3-5H2,1-2H3. The summed E-state index contributed by atoms with van der Waals surface area (Å²) in [6, 6.07) is 0. The lowest BCUT2D eigenvalue weighted by Gasteiger charge is -2.20. The van der Waals surface area contributed by atoms with Crippen LogP contribution < -0.4 is 5.32 Å². The second-order valence-corrected chi connectivity index (χ2v) is 4.41. The Morgan fingerprint density at radius 1 is 1.50 bits per heavy atom. The van der Waals surface area contributed by atoms with Crippen molar-refractivity contribution in [2.45, 2.75) is 32.6 Å². The molecule has 0 spiro atoms. The first-order valence-electron chi connectivity index (χ1n) is 5.11. The fraction of sp³-hybridized carbons (Fsp3) is 0.545. The first kappa shape index (κ1) is 9.78. The van der Waals surface area contributed by atoms with Crippen LogP contribution in [0.2, 0.25) is 5.02 Å². The smallest absolute Gasteiger partial charge is 0.0751 e. The van der Waals surface area contributed by atoms with Crippen molar-refractivity contribution in [3.8, 4) is 0 Å². The molecule has 1 aliphatic heterocycles. The monoisotopic (exact) mass is 210 g/mol. The highest BCUT2D eigenvalue weighted by atomic mass is 35.5. The third-order valence-corrected chi connectivity index (χ3v) is 3.04. The molecule has 0 saturated heterocycles. The van der Waals surface area contributed by atoms with E-state index in [0.29, 0.717) is 5.92 Å². The van der Waals surface area contributed by atoms with Crippen LogP contribution >= 0.6 is 11.6 Å². The van der Waals surface area contributed by atoms with Gasteiger partial charge in [-0.15, -0.1) is 0 Å². The Bertz CT molecular complexity index is 347. The highest BCUT2D eigenvalue weighted by Crippen LogP contribution is 2.34. The molecule has 0 unspecified atom stereocenters. The van der Waals surface area contributed by atoms with Gasteiger partial charge < -0.3 is 5.32 Å². The topological polar surface area (TPSA) is 24.9 Å². The number of hydrogen-bond donors (Lipinski definition) is 1. The lowest BCUT2D eigenvalue weighted by Crippen LogP contribution is -2.14. The summed E-state index contributed by atoms with van der Waals surface area (Å²) in [5.41, 5.74) is 3.31. The third-order valence-electron chi connectivity index (χ3n) is 2.64. The molecule has 0 aliphatic carbocycles. The lowest BCUT2D eigenvalue weighted by molar-refractivity contribution is 0.787. The average molecular weight is 211 g/mol. The predicted octanol–water partition coefficient (Wildman–Crippen LogP) is 3.22. The van der Waals surface area contributed by atoms with Gasteiger partial charge >= 0.3 is 0 Å². The summed E-state index contributed by atoms with van der Waals surface area (Å²) in [6.45, 7) is 5.28. The van der Waals surface area contributed by atoms with Crippen LogP contribution in [0.25, 0.3) is 0 Å². The summed E-state index contributed by atoms with van der Waals surface area (Å²) >= 11 is 6.32. The molecule has 1 aromatic heterocycles. The van der Waals surface area contributed by atoms with Crippen LogP contribution in [0.4, 0.5) is 5.69 Å². The molecular weight excluding hydrogens is 196 g/mol. The SMILES string of the molecule is CC(C)c1cnc2c(c1Cl)NCCC2. The summed E-state index contributed by atoms with van der Waals surface area (Å²) < 4.78 is 0. The third kappa shape index (κ3) is 1.59. The molecule has 0 fully saturated rings. The molecule has 2 rings (SSSR count). The number of hydrogen-bond acceptors (Lipinski definition) is 2. The van der Waals surface area contributed by atoms with Gasteiger partial charge in [-0.3, -0.25) is 4.98 Å². The van der Waals surface area contributed by atoms with Crippen molar-refractivity contribution in [1.82, 2.24) is 4.98 Å². The molecule has 0 aromatic carbocycles. The van der Waals surface area contributed by atoms with E-state index in [1.165, 1.54) is 0 Å². The van der Waals surface area contributed by atoms with Crippen LogP contribution in [0.5, 0.6) is 0 Å². The lowest BCUT2D eigenvalue weighted by atomic mass is 10.0. The number of aromatic nitrogens is 1. The zero-order chi connectivity index (χ0) is 10.1. The molecule has 3 heteroatoms. The molecule has 0 atom stereocenters.